The van der Waals surface area contributed by atoms with Crippen LogP contribution in [0.2, 0.25) is 0 Å². The Bertz CT molecular complexity index is 598. The predicted octanol–water partition coefficient (Wildman–Crippen LogP) is 0.628. The summed E-state index contributed by atoms with van der Waals surface area (Å²) < 4.78 is 5.19. The number of hydrogen-bond donors (Lipinski definition) is 2. The van der Waals surface area contributed by atoms with Crippen LogP contribution in [-0.4, -0.2) is 48.0 Å². The molecule has 9 nitrogen and oxygen atoms in total. The van der Waals surface area contributed by atoms with Crippen molar-refractivity contribution in [1.82, 2.24) is 10.2 Å². The van der Waals surface area contributed by atoms with E-state index in [2.05, 4.69) is 5.32 Å². The van der Waals surface area contributed by atoms with Crippen molar-refractivity contribution in [1.29, 1.82) is 0 Å². The van der Waals surface area contributed by atoms with Crippen LogP contribution in [0.15, 0.2) is 24.3 Å². The molecule has 0 radical (unpaired) electrons. The maximum atomic E-state index is 12.2. The highest BCUT2D eigenvalue weighted by Gasteiger charge is 2.24. The van der Waals surface area contributed by atoms with Crippen LogP contribution in [0, 0.1) is 16.0 Å². The first-order valence-corrected chi connectivity index (χ1v) is 7.59. The fraction of sp³-hybridized carbons (Fsp3) is 0.467. The quantitative estimate of drug-likeness (QED) is 0.555. The van der Waals surface area contributed by atoms with E-state index in [-0.39, 0.29) is 24.8 Å². The van der Waals surface area contributed by atoms with Gasteiger partial charge in [0.2, 0.25) is 5.91 Å². The van der Waals surface area contributed by atoms with Gasteiger partial charge in [0.15, 0.2) is 0 Å². The minimum Gasteiger partial charge on any atom is -0.445 e. The molecule has 1 aliphatic heterocycles. The molecule has 9 heteroatoms. The number of nitrogens with two attached hydrogens (primary N) is 1. The number of ether oxygens (including phenoxy) is 1. The molecule has 130 valence electrons. The second-order valence-electron chi connectivity index (χ2n) is 5.68. The topological polar surface area (TPSA) is 128 Å². The molecule has 1 saturated heterocycles. The number of benzene rings is 1. The molecule has 0 bridgehead atoms. The van der Waals surface area contributed by atoms with E-state index >= 15 is 0 Å². The van der Waals surface area contributed by atoms with Gasteiger partial charge in [0.25, 0.3) is 5.69 Å². The number of rotatable bonds is 7. The Morgan fingerprint density at radius 3 is 2.62 bits per heavy atom. The summed E-state index contributed by atoms with van der Waals surface area (Å²) in [5.41, 5.74) is 5.78. The summed E-state index contributed by atoms with van der Waals surface area (Å²) in [6.45, 7) is 1.83. The number of nitro groups is 1. The number of non-ortho nitro benzene ring substituents is 1. The molecule has 1 atom stereocenters. The number of carbonyl (C=O) groups is 2. The zero-order chi connectivity index (χ0) is 17.5. The maximum Gasteiger partial charge on any atom is 0.410 e. The molecule has 1 aliphatic rings. The van der Waals surface area contributed by atoms with Crippen molar-refractivity contribution in [3.63, 3.8) is 0 Å². The normalized spacial score (nSPS) is 16.6. The molecule has 2 amide bonds. The van der Waals surface area contributed by atoms with E-state index in [0.29, 0.717) is 12.1 Å². The summed E-state index contributed by atoms with van der Waals surface area (Å²) >= 11 is 0. The first kappa shape index (κ1) is 17.7. The lowest BCUT2D eigenvalue weighted by atomic mass is 10.1. The van der Waals surface area contributed by atoms with Gasteiger partial charge in [-0.3, -0.25) is 19.8 Å². The Balaban J connectivity index is 1.90. The smallest absolute Gasteiger partial charge is 0.410 e. The number of hydrogen-bond acceptors (Lipinski definition) is 6. The molecule has 0 spiro atoms. The van der Waals surface area contributed by atoms with Crippen LogP contribution < -0.4 is 11.1 Å². The van der Waals surface area contributed by atoms with Gasteiger partial charge in [-0.25, -0.2) is 4.79 Å². The first-order chi connectivity index (χ1) is 11.5. The third kappa shape index (κ3) is 5.20. The van der Waals surface area contributed by atoms with Crippen molar-refractivity contribution in [2.75, 3.05) is 26.2 Å². The Morgan fingerprint density at radius 1 is 1.38 bits per heavy atom. The van der Waals surface area contributed by atoms with Crippen molar-refractivity contribution in [3.8, 4) is 0 Å². The Hall–Kier alpha value is -2.68. The molecule has 24 heavy (non-hydrogen) atoms. The second-order valence-corrected chi connectivity index (χ2v) is 5.68. The van der Waals surface area contributed by atoms with E-state index in [1.165, 1.54) is 29.2 Å². The summed E-state index contributed by atoms with van der Waals surface area (Å²) in [4.78, 5) is 34.7. The summed E-state index contributed by atoms with van der Waals surface area (Å²) in [6.07, 6.45) is 0.296. The summed E-state index contributed by atoms with van der Waals surface area (Å²) in [6, 6.07) is 5.72. The molecule has 1 heterocycles. The lowest BCUT2D eigenvalue weighted by Crippen LogP contribution is -2.41. The molecule has 1 aromatic rings. The predicted molar refractivity (Wildman–Crippen MR) is 85.0 cm³/mol. The molecule has 0 aromatic heterocycles. The molecule has 3 N–H and O–H groups in total. The molecular formula is C15H20N4O5. The molecule has 1 aromatic carbocycles. The van der Waals surface area contributed by atoms with E-state index in [9.17, 15) is 19.7 Å². The Kier molecular flexibility index (Phi) is 6.07. The molecule has 0 saturated carbocycles. The van der Waals surface area contributed by atoms with Gasteiger partial charge in [0.1, 0.15) is 13.2 Å². The highest BCUT2D eigenvalue weighted by Crippen LogP contribution is 2.14. The number of primary amides is 1. The SMILES string of the molecule is NC(=O)CN(C[C@H]1CCNC1)C(=O)OCc1ccc([N+](=O)[O-])cc1. The highest BCUT2D eigenvalue weighted by molar-refractivity contribution is 5.80. The number of amides is 2. The van der Waals surface area contributed by atoms with E-state index < -0.39 is 16.9 Å². The van der Waals surface area contributed by atoms with Crippen molar-refractivity contribution in [3.05, 3.63) is 39.9 Å². The molecule has 0 aliphatic carbocycles. The Morgan fingerprint density at radius 2 is 2.08 bits per heavy atom. The monoisotopic (exact) mass is 336 g/mol. The Labute approximate surface area is 138 Å². The van der Waals surface area contributed by atoms with Gasteiger partial charge in [-0.15, -0.1) is 0 Å². The summed E-state index contributed by atoms with van der Waals surface area (Å²) in [5, 5.41) is 13.8. The van der Waals surface area contributed by atoms with Crippen molar-refractivity contribution >= 4 is 17.7 Å². The maximum absolute atomic E-state index is 12.2. The summed E-state index contributed by atoms with van der Waals surface area (Å²) in [7, 11) is 0. The van der Waals surface area contributed by atoms with Gasteiger partial charge in [0.05, 0.1) is 4.92 Å². The zero-order valence-electron chi connectivity index (χ0n) is 13.1. The number of nitrogens with one attached hydrogen (secondary N) is 1. The van der Waals surface area contributed by atoms with Crippen molar-refractivity contribution < 1.29 is 19.2 Å². The van der Waals surface area contributed by atoms with E-state index in [1.54, 1.807) is 0 Å². The lowest BCUT2D eigenvalue weighted by molar-refractivity contribution is -0.384. The largest absolute Gasteiger partial charge is 0.445 e. The third-order valence-corrected chi connectivity index (χ3v) is 3.76. The second kappa shape index (κ2) is 8.25. The van der Waals surface area contributed by atoms with Gasteiger partial charge in [-0.1, -0.05) is 0 Å². The minimum absolute atomic E-state index is 0.0327. The third-order valence-electron chi connectivity index (χ3n) is 3.76. The summed E-state index contributed by atoms with van der Waals surface area (Å²) in [5.74, 6) is -0.343. The zero-order valence-corrected chi connectivity index (χ0v) is 13.1. The van der Waals surface area contributed by atoms with Gasteiger partial charge in [-0.2, -0.15) is 0 Å². The van der Waals surface area contributed by atoms with Crippen LogP contribution in [0.4, 0.5) is 10.5 Å². The van der Waals surface area contributed by atoms with Crippen LogP contribution in [0.25, 0.3) is 0 Å². The van der Waals surface area contributed by atoms with Crippen LogP contribution in [0.5, 0.6) is 0 Å². The highest BCUT2D eigenvalue weighted by atomic mass is 16.6. The molecule has 1 fully saturated rings. The minimum atomic E-state index is -0.626. The standard InChI is InChI=1S/C15H20N4O5/c16-14(20)9-18(8-12-5-6-17-7-12)15(21)24-10-11-1-3-13(4-2-11)19(22)23/h1-4,12,17H,5-10H2,(H2,16,20)/t12-/m0/s1. The van der Waals surface area contributed by atoms with E-state index in [1.807, 2.05) is 0 Å². The van der Waals surface area contributed by atoms with E-state index in [0.717, 1.165) is 19.5 Å². The van der Waals surface area contributed by atoms with Crippen molar-refractivity contribution in [2.24, 2.45) is 11.7 Å². The van der Waals surface area contributed by atoms with Gasteiger partial charge >= 0.3 is 6.09 Å². The van der Waals surface area contributed by atoms with Crippen molar-refractivity contribution in [2.45, 2.75) is 13.0 Å². The number of carbonyl (C=O) groups excluding carboxylic acids is 2. The average molecular weight is 336 g/mol. The molecule has 2 rings (SSSR count). The van der Waals surface area contributed by atoms with Crippen LogP contribution in [0.3, 0.4) is 0 Å². The van der Waals surface area contributed by atoms with E-state index in [4.69, 9.17) is 10.5 Å². The fourth-order valence-electron chi connectivity index (χ4n) is 2.52. The van der Waals surface area contributed by atoms with Crippen LogP contribution in [0.1, 0.15) is 12.0 Å². The average Bonchev–Trinajstić information content (AvgIpc) is 3.05. The van der Waals surface area contributed by atoms with Gasteiger partial charge in [-0.05, 0) is 43.1 Å². The van der Waals surface area contributed by atoms with Crippen LogP contribution >= 0.6 is 0 Å². The fourth-order valence-corrected chi connectivity index (χ4v) is 2.52. The molecule has 0 unspecified atom stereocenters. The number of nitro benzene ring substituents is 1. The van der Waals surface area contributed by atoms with Crippen LogP contribution in [-0.2, 0) is 16.1 Å². The van der Waals surface area contributed by atoms with Gasteiger partial charge in [0, 0.05) is 18.7 Å². The number of nitrogens with zero attached hydrogens (tertiary/aromatic N) is 2. The molecular weight excluding hydrogens is 316 g/mol. The first-order valence-electron chi connectivity index (χ1n) is 7.59. The van der Waals surface area contributed by atoms with Gasteiger partial charge < -0.3 is 15.8 Å². The lowest BCUT2D eigenvalue weighted by Gasteiger charge is -2.23.